The lowest BCUT2D eigenvalue weighted by Gasteiger charge is -2.27. The molecule has 21 heavy (non-hydrogen) atoms. The Labute approximate surface area is 126 Å². The van der Waals surface area contributed by atoms with Gasteiger partial charge in [0.15, 0.2) is 5.03 Å². The Morgan fingerprint density at radius 2 is 1.67 bits per heavy atom. The standard InChI is InChI=1S/C7H14N2O2.C7H14N2O/c1-2-7-4-3-5-8(6-7)9(10)11;1-2-7-4-3-5-9(6-7)8-10/h7H,2-6H2,1H3;7H,2-6H2,1H3. The molecule has 0 aromatic heterocycles. The normalized spacial score (nSPS) is 25.8. The van der Waals surface area contributed by atoms with Crippen molar-refractivity contribution in [3.05, 3.63) is 15.0 Å². The second-order valence-corrected chi connectivity index (χ2v) is 5.98. The zero-order chi connectivity index (χ0) is 15.7. The Hall–Kier alpha value is -1.40. The predicted molar refractivity (Wildman–Crippen MR) is 82.0 cm³/mol. The predicted octanol–water partition coefficient (Wildman–Crippen LogP) is 3.09. The number of piperidine rings is 2. The summed E-state index contributed by atoms with van der Waals surface area (Å²) in [4.78, 5) is 20.4. The SMILES string of the molecule is CCC1CCCN(N=O)C1.CCC1CCCN([N+](=O)[O-])C1. The van der Waals surface area contributed by atoms with Crippen LogP contribution in [0.5, 0.6) is 0 Å². The van der Waals surface area contributed by atoms with Gasteiger partial charge in [-0.05, 0) is 37.5 Å². The van der Waals surface area contributed by atoms with Gasteiger partial charge in [-0.2, -0.15) is 0 Å². The van der Waals surface area contributed by atoms with Gasteiger partial charge < -0.3 is 0 Å². The molecule has 2 saturated heterocycles. The second-order valence-electron chi connectivity index (χ2n) is 5.98. The van der Waals surface area contributed by atoms with Crippen molar-refractivity contribution in [2.75, 3.05) is 26.2 Å². The van der Waals surface area contributed by atoms with Gasteiger partial charge >= 0.3 is 0 Å². The quantitative estimate of drug-likeness (QED) is 0.453. The van der Waals surface area contributed by atoms with Crippen molar-refractivity contribution < 1.29 is 5.03 Å². The molecule has 122 valence electrons. The summed E-state index contributed by atoms with van der Waals surface area (Å²) in [5, 5.41) is 16.0. The molecule has 2 unspecified atom stereocenters. The highest BCUT2D eigenvalue weighted by Crippen LogP contribution is 2.19. The maximum Gasteiger partial charge on any atom is 0.160 e. The van der Waals surface area contributed by atoms with Crippen LogP contribution < -0.4 is 0 Å². The summed E-state index contributed by atoms with van der Waals surface area (Å²) in [6, 6.07) is 0. The molecule has 2 atom stereocenters. The summed E-state index contributed by atoms with van der Waals surface area (Å²) >= 11 is 0. The molecule has 7 nitrogen and oxygen atoms in total. The van der Waals surface area contributed by atoms with Crippen LogP contribution in [0.25, 0.3) is 0 Å². The van der Waals surface area contributed by atoms with Gasteiger partial charge in [0.2, 0.25) is 0 Å². The minimum Gasteiger partial charge on any atom is -0.261 e. The maximum atomic E-state index is 10.3. The molecule has 0 spiro atoms. The minimum atomic E-state index is -0.276. The number of nitro groups is 1. The van der Waals surface area contributed by atoms with Crippen LogP contribution in [0.2, 0.25) is 0 Å². The zero-order valence-corrected chi connectivity index (χ0v) is 13.2. The Bertz CT molecular complexity index is 327. The lowest BCUT2D eigenvalue weighted by atomic mass is 9.97. The average Bonchev–Trinajstić information content (AvgIpc) is 2.55. The fraction of sp³-hybridized carbons (Fsp3) is 1.00. The molecule has 0 bridgehead atoms. The van der Waals surface area contributed by atoms with E-state index in [4.69, 9.17) is 0 Å². The molecular weight excluding hydrogens is 272 g/mol. The second kappa shape index (κ2) is 9.52. The van der Waals surface area contributed by atoms with Crippen molar-refractivity contribution in [1.29, 1.82) is 0 Å². The van der Waals surface area contributed by atoms with Crippen molar-refractivity contribution in [1.82, 2.24) is 10.0 Å². The van der Waals surface area contributed by atoms with Gasteiger partial charge in [0.05, 0.1) is 18.4 Å². The third kappa shape index (κ3) is 6.27. The van der Waals surface area contributed by atoms with Gasteiger partial charge in [-0.25, -0.2) is 10.1 Å². The van der Waals surface area contributed by atoms with E-state index in [2.05, 4.69) is 19.1 Å². The zero-order valence-electron chi connectivity index (χ0n) is 13.2. The number of hydrazine groups is 1. The first-order valence-electron chi connectivity index (χ1n) is 8.08. The number of hydrogen-bond donors (Lipinski definition) is 0. The van der Waals surface area contributed by atoms with Crippen LogP contribution in [0.1, 0.15) is 52.4 Å². The van der Waals surface area contributed by atoms with Crippen LogP contribution in [-0.4, -0.2) is 41.2 Å². The number of nitrogens with zero attached hydrogens (tertiary/aromatic N) is 4. The van der Waals surface area contributed by atoms with Gasteiger partial charge in [0, 0.05) is 13.1 Å². The summed E-state index contributed by atoms with van der Waals surface area (Å²) in [6.07, 6.45) is 6.75. The van der Waals surface area contributed by atoms with Crippen molar-refractivity contribution in [2.24, 2.45) is 17.1 Å². The molecular formula is C14H28N4O3. The van der Waals surface area contributed by atoms with E-state index in [9.17, 15) is 15.0 Å². The van der Waals surface area contributed by atoms with Crippen LogP contribution in [0, 0.1) is 26.9 Å². The molecule has 0 saturated carbocycles. The average molecular weight is 300 g/mol. The van der Waals surface area contributed by atoms with Crippen LogP contribution in [-0.2, 0) is 0 Å². The van der Waals surface area contributed by atoms with E-state index in [1.54, 1.807) is 5.01 Å². The highest BCUT2D eigenvalue weighted by atomic mass is 16.7. The highest BCUT2D eigenvalue weighted by Gasteiger charge is 2.24. The van der Waals surface area contributed by atoms with E-state index in [0.29, 0.717) is 24.9 Å². The topological polar surface area (TPSA) is 79.0 Å². The molecule has 2 fully saturated rings. The maximum absolute atomic E-state index is 10.3. The fourth-order valence-electron chi connectivity index (χ4n) is 2.98. The molecule has 0 aromatic rings. The first-order valence-corrected chi connectivity index (χ1v) is 8.08. The molecule has 2 heterocycles. The summed E-state index contributed by atoms with van der Waals surface area (Å²) in [7, 11) is 0. The molecule has 0 amide bonds. The molecule has 2 aliphatic rings. The van der Waals surface area contributed by atoms with E-state index in [-0.39, 0.29) is 5.03 Å². The van der Waals surface area contributed by atoms with Crippen molar-refractivity contribution >= 4 is 0 Å². The van der Waals surface area contributed by atoms with E-state index < -0.39 is 0 Å². The molecule has 0 radical (unpaired) electrons. The number of hydrogen-bond acceptors (Lipinski definition) is 4. The van der Waals surface area contributed by atoms with Crippen molar-refractivity contribution in [2.45, 2.75) is 52.4 Å². The van der Waals surface area contributed by atoms with Gasteiger partial charge in [0.1, 0.15) is 0 Å². The summed E-state index contributed by atoms with van der Waals surface area (Å²) < 4.78 is 0. The summed E-state index contributed by atoms with van der Waals surface area (Å²) in [6.45, 7) is 7.26. The third-order valence-corrected chi connectivity index (χ3v) is 4.50. The van der Waals surface area contributed by atoms with Crippen LogP contribution >= 0.6 is 0 Å². The summed E-state index contributed by atoms with van der Waals surface area (Å²) in [5.41, 5.74) is 0. The molecule has 0 aromatic carbocycles. The van der Waals surface area contributed by atoms with Gasteiger partial charge in [0.25, 0.3) is 0 Å². The highest BCUT2D eigenvalue weighted by molar-refractivity contribution is 4.68. The van der Waals surface area contributed by atoms with E-state index in [1.165, 1.54) is 17.9 Å². The first-order chi connectivity index (χ1) is 10.1. The van der Waals surface area contributed by atoms with E-state index in [1.807, 2.05) is 0 Å². The van der Waals surface area contributed by atoms with Crippen LogP contribution in [0.4, 0.5) is 0 Å². The fourth-order valence-corrected chi connectivity index (χ4v) is 2.98. The first kappa shape index (κ1) is 17.7. The Kier molecular flexibility index (Phi) is 8.00. The van der Waals surface area contributed by atoms with E-state index >= 15 is 0 Å². The molecule has 0 aliphatic carbocycles. The monoisotopic (exact) mass is 300 g/mol. The smallest absolute Gasteiger partial charge is 0.160 e. The molecule has 7 heteroatoms. The Balaban J connectivity index is 0.000000211. The van der Waals surface area contributed by atoms with Gasteiger partial charge in [-0.1, -0.05) is 26.7 Å². The lowest BCUT2D eigenvalue weighted by Crippen LogP contribution is -2.39. The lowest BCUT2D eigenvalue weighted by molar-refractivity contribution is -0.659. The number of nitroso groups, excluding NO2 is 1. The Morgan fingerprint density at radius 3 is 2.19 bits per heavy atom. The van der Waals surface area contributed by atoms with E-state index in [0.717, 1.165) is 38.8 Å². The van der Waals surface area contributed by atoms with Gasteiger partial charge in [-0.3, -0.25) is 5.01 Å². The third-order valence-electron chi connectivity index (χ3n) is 4.50. The van der Waals surface area contributed by atoms with Crippen molar-refractivity contribution in [3.8, 4) is 0 Å². The largest absolute Gasteiger partial charge is 0.261 e. The Morgan fingerprint density at radius 1 is 1.10 bits per heavy atom. The molecule has 2 rings (SSSR count). The van der Waals surface area contributed by atoms with Crippen LogP contribution in [0.3, 0.4) is 0 Å². The molecule has 2 aliphatic heterocycles. The number of rotatable bonds is 4. The van der Waals surface area contributed by atoms with Gasteiger partial charge in [-0.15, -0.1) is 9.92 Å². The summed E-state index contributed by atoms with van der Waals surface area (Å²) in [5.74, 6) is 1.24. The van der Waals surface area contributed by atoms with Crippen molar-refractivity contribution in [3.63, 3.8) is 0 Å². The molecule has 0 N–H and O–H groups in total. The minimum absolute atomic E-state index is 0.276. The van der Waals surface area contributed by atoms with Crippen LogP contribution in [0.15, 0.2) is 5.29 Å².